The highest BCUT2D eigenvalue weighted by molar-refractivity contribution is 9.13. The van der Waals surface area contributed by atoms with Gasteiger partial charge in [0, 0.05) is 15.8 Å². The van der Waals surface area contributed by atoms with Crippen LogP contribution in [0, 0.1) is 0 Å². The number of hydrogen-bond acceptors (Lipinski definition) is 1. The van der Waals surface area contributed by atoms with Crippen LogP contribution in [-0.2, 0) is 0 Å². The van der Waals surface area contributed by atoms with E-state index in [1.165, 1.54) is 11.3 Å². The highest BCUT2D eigenvalue weighted by Gasteiger charge is 2.28. The van der Waals surface area contributed by atoms with Crippen LogP contribution >= 0.6 is 54.8 Å². The molecule has 1 unspecified atom stereocenters. The summed E-state index contributed by atoms with van der Waals surface area (Å²) in [7, 11) is 0. The lowest BCUT2D eigenvalue weighted by Crippen LogP contribution is -2.07. The molecular weight excluding hydrogens is 380 g/mol. The molecule has 1 atom stereocenters. The van der Waals surface area contributed by atoms with E-state index < -0.39 is 18.0 Å². The fourth-order valence-electron chi connectivity index (χ4n) is 0.950. The molecule has 1 heterocycles. The fourth-order valence-corrected chi connectivity index (χ4v) is 3.36. The average Bonchev–Trinajstić information content (AvgIpc) is 2.42. The van der Waals surface area contributed by atoms with Crippen molar-refractivity contribution in [3.63, 3.8) is 0 Å². The molecule has 0 aromatic carbocycles. The van der Waals surface area contributed by atoms with Gasteiger partial charge in [-0.25, -0.2) is 0 Å². The van der Waals surface area contributed by atoms with Crippen LogP contribution in [0.15, 0.2) is 14.3 Å². The molecular formula is C8H6Br2ClF3S. The summed E-state index contributed by atoms with van der Waals surface area (Å²) in [5.41, 5.74) is 0. The Labute approximate surface area is 111 Å². The van der Waals surface area contributed by atoms with Crippen LogP contribution in [0.3, 0.4) is 0 Å². The number of alkyl halides is 4. The van der Waals surface area contributed by atoms with E-state index in [1.54, 1.807) is 6.07 Å². The fraction of sp³-hybridized carbons (Fsp3) is 0.500. The van der Waals surface area contributed by atoms with Gasteiger partial charge in [-0.3, -0.25) is 0 Å². The van der Waals surface area contributed by atoms with Crippen molar-refractivity contribution in [1.82, 2.24) is 0 Å². The molecule has 0 aliphatic carbocycles. The highest BCUT2D eigenvalue weighted by Crippen LogP contribution is 2.40. The molecule has 0 fully saturated rings. The van der Waals surface area contributed by atoms with Gasteiger partial charge in [0.2, 0.25) is 0 Å². The Kier molecular flexibility index (Phi) is 4.95. The van der Waals surface area contributed by atoms with Gasteiger partial charge in [-0.05, 0) is 44.3 Å². The predicted molar refractivity (Wildman–Crippen MR) is 63.6 cm³/mol. The van der Waals surface area contributed by atoms with Gasteiger partial charge < -0.3 is 0 Å². The van der Waals surface area contributed by atoms with Gasteiger partial charge in [0.25, 0.3) is 0 Å². The minimum absolute atomic E-state index is 0.0928. The molecule has 0 nitrogen and oxygen atoms in total. The molecule has 15 heavy (non-hydrogen) atoms. The first-order chi connectivity index (χ1) is 6.79. The summed E-state index contributed by atoms with van der Waals surface area (Å²) in [6.45, 7) is 0. The van der Waals surface area contributed by atoms with E-state index in [1.807, 2.05) is 0 Å². The first kappa shape index (κ1) is 13.8. The second kappa shape index (κ2) is 5.38. The van der Waals surface area contributed by atoms with Gasteiger partial charge >= 0.3 is 6.18 Å². The summed E-state index contributed by atoms with van der Waals surface area (Å²) in [5, 5.41) is -0.584. The van der Waals surface area contributed by atoms with E-state index >= 15 is 0 Å². The zero-order chi connectivity index (χ0) is 11.6. The van der Waals surface area contributed by atoms with Crippen molar-refractivity contribution in [2.24, 2.45) is 0 Å². The van der Waals surface area contributed by atoms with Crippen LogP contribution in [0.2, 0.25) is 0 Å². The SMILES string of the molecule is FC(F)(F)CCC(Cl)c1cc(Br)c(Br)s1. The Morgan fingerprint density at radius 2 is 2.00 bits per heavy atom. The molecule has 0 N–H and O–H groups in total. The maximum absolute atomic E-state index is 11.9. The van der Waals surface area contributed by atoms with E-state index in [2.05, 4.69) is 31.9 Å². The van der Waals surface area contributed by atoms with Crippen molar-refractivity contribution in [2.45, 2.75) is 24.4 Å². The van der Waals surface area contributed by atoms with Gasteiger partial charge in [-0.15, -0.1) is 22.9 Å². The maximum Gasteiger partial charge on any atom is 0.389 e. The number of rotatable bonds is 3. The summed E-state index contributed by atoms with van der Waals surface area (Å²) >= 11 is 13.7. The lowest BCUT2D eigenvalue weighted by atomic mass is 10.2. The third kappa shape index (κ3) is 4.63. The smallest absolute Gasteiger partial charge is 0.171 e. The molecule has 0 aliphatic rings. The molecule has 0 bridgehead atoms. The Balaban J connectivity index is 2.58. The zero-order valence-electron chi connectivity index (χ0n) is 7.24. The summed E-state index contributed by atoms with van der Waals surface area (Å²) in [5.74, 6) is 0. The Hall–Kier alpha value is 0.740. The first-order valence-corrected chi connectivity index (χ1v) is 6.79. The molecule has 1 aromatic rings. The molecule has 0 saturated heterocycles. The van der Waals surface area contributed by atoms with Crippen molar-refractivity contribution >= 4 is 54.8 Å². The lowest BCUT2D eigenvalue weighted by Gasteiger charge is -2.09. The maximum atomic E-state index is 11.9. The average molecular weight is 386 g/mol. The van der Waals surface area contributed by atoms with Crippen LogP contribution in [0.5, 0.6) is 0 Å². The van der Waals surface area contributed by atoms with E-state index in [-0.39, 0.29) is 6.42 Å². The normalized spacial score (nSPS) is 14.3. The van der Waals surface area contributed by atoms with E-state index in [0.717, 1.165) is 13.1 Å². The Morgan fingerprint density at radius 3 is 2.40 bits per heavy atom. The lowest BCUT2D eigenvalue weighted by molar-refractivity contribution is -0.135. The van der Waals surface area contributed by atoms with E-state index in [4.69, 9.17) is 11.6 Å². The summed E-state index contributed by atoms with van der Waals surface area (Å²) in [6, 6.07) is 1.74. The molecule has 1 aromatic heterocycles. The minimum atomic E-state index is -4.14. The van der Waals surface area contributed by atoms with Crippen molar-refractivity contribution in [1.29, 1.82) is 0 Å². The van der Waals surface area contributed by atoms with Crippen LogP contribution in [0.25, 0.3) is 0 Å². The summed E-state index contributed by atoms with van der Waals surface area (Å²) in [6.07, 6.45) is -5.09. The van der Waals surface area contributed by atoms with Crippen LogP contribution < -0.4 is 0 Å². The third-order valence-corrected chi connectivity index (χ3v) is 5.61. The second-order valence-electron chi connectivity index (χ2n) is 2.89. The molecule has 0 amide bonds. The molecule has 0 radical (unpaired) electrons. The minimum Gasteiger partial charge on any atom is -0.171 e. The molecule has 7 heteroatoms. The molecule has 0 aliphatic heterocycles. The van der Waals surface area contributed by atoms with Gasteiger partial charge in [0.05, 0.1) is 9.16 Å². The third-order valence-electron chi connectivity index (χ3n) is 1.65. The van der Waals surface area contributed by atoms with Crippen molar-refractivity contribution in [3.8, 4) is 0 Å². The van der Waals surface area contributed by atoms with Crippen molar-refractivity contribution < 1.29 is 13.2 Å². The predicted octanol–water partition coefficient (Wildman–Crippen LogP) is 5.90. The second-order valence-corrected chi connectivity index (χ2v) is 6.67. The summed E-state index contributed by atoms with van der Waals surface area (Å²) in [4.78, 5) is 0.736. The molecule has 0 saturated carbocycles. The van der Waals surface area contributed by atoms with Crippen LogP contribution in [0.1, 0.15) is 23.1 Å². The van der Waals surface area contributed by atoms with Crippen molar-refractivity contribution in [2.75, 3.05) is 0 Å². The van der Waals surface area contributed by atoms with E-state index in [0.29, 0.717) is 0 Å². The van der Waals surface area contributed by atoms with Crippen LogP contribution in [0.4, 0.5) is 13.2 Å². The largest absolute Gasteiger partial charge is 0.389 e. The van der Waals surface area contributed by atoms with Gasteiger partial charge in [-0.1, -0.05) is 0 Å². The van der Waals surface area contributed by atoms with Crippen LogP contribution in [-0.4, -0.2) is 6.18 Å². The number of hydrogen-bond donors (Lipinski definition) is 0. The summed E-state index contributed by atoms with van der Waals surface area (Å²) < 4.78 is 37.5. The van der Waals surface area contributed by atoms with Gasteiger partial charge in [0.1, 0.15) is 0 Å². The zero-order valence-corrected chi connectivity index (χ0v) is 12.0. The highest BCUT2D eigenvalue weighted by atomic mass is 79.9. The topological polar surface area (TPSA) is 0 Å². The number of thiophene rings is 1. The number of halogens is 6. The van der Waals surface area contributed by atoms with Crippen molar-refractivity contribution in [3.05, 3.63) is 19.2 Å². The molecule has 1 rings (SSSR count). The van der Waals surface area contributed by atoms with Gasteiger partial charge in [0.15, 0.2) is 0 Å². The first-order valence-electron chi connectivity index (χ1n) is 3.95. The van der Waals surface area contributed by atoms with Gasteiger partial charge in [-0.2, -0.15) is 13.2 Å². The molecule has 0 spiro atoms. The monoisotopic (exact) mass is 384 g/mol. The Bertz CT molecular complexity index is 318. The standard InChI is InChI=1S/C8H6Br2ClF3S/c9-4-3-6(15-7(4)10)5(11)1-2-8(12,13)14/h3,5H,1-2H2. The quantitative estimate of drug-likeness (QED) is 0.568. The molecule has 86 valence electrons. The van der Waals surface area contributed by atoms with E-state index in [9.17, 15) is 13.2 Å². The Morgan fingerprint density at radius 1 is 1.40 bits per heavy atom.